The fourth-order valence-corrected chi connectivity index (χ4v) is 2.92. The van der Waals surface area contributed by atoms with Gasteiger partial charge in [-0.25, -0.2) is 8.42 Å². The summed E-state index contributed by atoms with van der Waals surface area (Å²) in [6.07, 6.45) is 3.31. The molecule has 2 rings (SSSR count). The molecule has 0 atom stereocenters. The highest BCUT2D eigenvalue weighted by molar-refractivity contribution is 7.91. The minimum absolute atomic E-state index is 0.0847. The van der Waals surface area contributed by atoms with Gasteiger partial charge in [-0.3, -0.25) is 4.68 Å². The molecule has 0 aliphatic rings. The number of nitrogens with two attached hydrogens (primary N) is 1. The Bertz CT molecular complexity index is 679. The lowest BCUT2D eigenvalue weighted by atomic mass is 10.3. The molecule has 2 aromatic rings. The van der Waals surface area contributed by atoms with Gasteiger partial charge in [-0.05, 0) is 12.1 Å². The molecule has 0 saturated heterocycles. The van der Waals surface area contributed by atoms with Gasteiger partial charge in [0.15, 0.2) is 9.84 Å². The van der Waals surface area contributed by atoms with E-state index in [0.29, 0.717) is 29.4 Å². The molecule has 0 aliphatic carbocycles. The Morgan fingerprint density at radius 2 is 2.10 bits per heavy atom. The van der Waals surface area contributed by atoms with Crippen LogP contribution in [0.2, 0.25) is 0 Å². The Morgan fingerprint density at radius 3 is 2.75 bits per heavy atom. The van der Waals surface area contributed by atoms with E-state index in [2.05, 4.69) is 10.4 Å². The third-order valence-corrected chi connectivity index (χ3v) is 4.70. The Labute approximate surface area is 118 Å². The normalized spacial score (nSPS) is 11.4. The maximum atomic E-state index is 12.0. The quantitative estimate of drug-likeness (QED) is 0.840. The van der Waals surface area contributed by atoms with Crippen molar-refractivity contribution in [2.45, 2.75) is 18.4 Å². The zero-order valence-corrected chi connectivity index (χ0v) is 12.1. The van der Waals surface area contributed by atoms with E-state index in [4.69, 9.17) is 5.73 Å². The van der Waals surface area contributed by atoms with Crippen LogP contribution < -0.4 is 11.1 Å². The molecule has 7 heteroatoms. The number of aromatic nitrogens is 2. The average molecular weight is 294 g/mol. The summed E-state index contributed by atoms with van der Waals surface area (Å²) in [5.41, 5.74) is 6.81. The molecule has 1 heterocycles. The lowest BCUT2D eigenvalue weighted by molar-refractivity contribution is 0.597. The van der Waals surface area contributed by atoms with E-state index in [0.717, 1.165) is 0 Å². The van der Waals surface area contributed by atoms with Crippen molar-refractivity contribution < 1.29 is 8.42 Å². The van der Waals surface area contributed by atoms with Crippen molar-refractivity contribution in [3.05, 3.63) is 36.7 Å². The first kappa shape index (κ1) is 14.4. The SMILES string of the molecule is CCS(=O)(=O)c1ccccc1NCCn1cc(N)cn1. The Morgan fingerprint density at radius 1 is 1.35 bits per heavy atom. The number of para-hydroxylation sites is 1. The molecule has 1 aromatic carbocycles. The predicted octanol–water partition coefficient (Wildman–Crippen LogP) is 1.37. The van der Waals surface area contributed by atoms with E-state index >= 15 is 0 Å². The molecule has 108 valence electrons. The van der Waals surface area contributed by atoms with Crippen LogP contribution >= 0.6 is 0 Å². The molecule has 0 saturated carbocycles. The van der Waals surface area contributed by atoms with Gasteiger partial charge in [-0.15, -0.1) is 0 Å². The van der Waals surface area contributed by atoms with Crippen LogP contribution in [0.25, 0.3) is 0 Å². The molecule has 3 N–H and O–H groups in total. The largest absolute Gasteiger partial charge is 0.396 e. The van der Waals surface area contributed by atoms with Crippen LogP contribution in [-0.4, -0.2) is 30.5 Å². The highest BCUT2D eigenvalue weighted by atomic mass is 32.2. The second-order valence-corrected chi connectivity index (χ2v) is 6.61. The predicted molar refractivity (Wildman–Crippen MR) is 79.3 cm³/mol. The molecular formula is C13H18N4O2S. The molecule has 20 heavy (non-hydrogen) atoms. The number of nitrogen functional groups attached to an aromatic ring is 1. The maximum Gasteiger partial charge on any atom is 0.180 e. The molecule has 0 radical (unpaired) electrons. The smallest absolute Gasteiger partial charge is 0.180 e. The van der Waals surface area contributed by atoms with Gasteiger partial charge in [0.25, 0.3) is 0 Å². The van der Waals surface area contributed by atoms with E-state index in [1.807, 2.05) is 6.07 Å². The topological polar surface area (TPSA) is 90.0 Å². The standard InChI is InChI=1S/C13H18N4O2S/c1-2-20(18,19)13-6-4-3-5-12(13)15-7-8-17-10-11(14)9-16-17/h3-6,9-10,15H,2,7-8,14H2,1H3. The fourth-order valence-electron chi connectivity index (χ4n) is 1.85. The van der Waals surface area contributed by atoms with Gasteiger partial charge in [0.2, 0.25) is 0 Å². The van der Waals surface area contributed by atoms with Crippen LogP contribution in [0.5, 0.6) is 0 Å². The van der Waals surface area contributed by atoms with Crippen LogP contribution in [0, 0.1) is 0 Å². The summed E-state index contributed by atoms with van der Waals surface area (Å²) >= 11 is 0. The number of hydrogen-bond donors (Lipinski definition) is 2. The highest BCUT2D eigenvalue weighted by Gasteiger charge is 2.15. The van der Waals surface area contributed by atoms with Crippen LogP contribution in [0.1, 0.15) is 6.92 Å². The second-order valence-electron chi connectivity index (χ2n) is 4.36. The lowest BCUT2D eigenvalue weighted by Gasteiger charge is -2.11. The summed E-state index contributed by atoms with van der Waals surface area (Å²) in [5, 5.41) is 7.20. The van der Waals surface area contributed by atoms with Crippen molar-refractivity contribution in [2.75, 3.05) is 23.3 Å². The van der Waals surface area contributed by atoms with Crippen molar-refractivity contribution in [3.8, 4) is 0 Å². The van der Waals surface area contributed by atoms with E-state index in [1.165, 1.54) is 0 Å². The van der Waals surface area contributed by atoms with Crippen molar-refractivity contribution in [2.24, 2.45) is 0 Å². The van der Waals surface area contributed by atoms with Gasteiger partial charge in [0, 0.05) is 12.7 Å². The maximum absolute atomic E-state index is 12.0. The van der Waals surface area contributed by atoms with Crippen LogP contribution in [-0.2, 0) is 16.4 Å². The number of nitrogens with one attached hydrogen (secondary N) is 1. The molecule has 0 spiro atoms. The second kappa shape index (κ2) is 5.96. The minimum atomic E-state index is -3.22. The molecule has 0 unspecified atom stereocenters. The van der Waals surface area contributed by atoms with Gasteiger partial charge in [-0.1, -0.05) is 19.1 Å². The zero-order valence-electron chi connectivity index (χ0n) is 11.3. The minimum Gasteiger partial charge on any atom is -0.396 e. The van der Waals surface area contributed by atoms with Crippen molar-refractivity contribution in [3.63, 3.8) is 0 Å². The molecule has 1 aromatic heterocycles. The molecule has 6 nitrogen and oxygen atoms in total. The Kier molecular flexibility index (Phi) is 4.29. The van der Waals surface area contributed by atoms with Gasteiger partial charge >= 0.3 is 0 Å². The number of anilines is 2. The first-order valence-electron chi connectivity index (χ1n) is 6.36. The fraction of sp³-hybridized carbons (Fsp3) is 0.308. The first-order chi connectivity index (χ1) is 9.53. The van der Waals surface area contributed by atoms with Gasteiger partial charge in [0.1, 0.15) is 0 Å². The Hall–Kier alpha value is -2.02. The van der Waals surface area contributed by atoms with Crippen molar-refractivity contribution >= 4 is 21.2 Å². The Balaban J connectivity index is 2.06. The van der Waals surface area contributed by atoms with Crippen LogP contribution in [0.4, 0.5) is 11.4 Å². The van der Waals surface area contributed by atoms with E-state index in [1.54, 1.807) is 42.2 Å². The first-order valence-corrected chi connectivity index (χ1v) is 8.02. The van der Waals surface area contributed by atoms with Crippen molar-refractivity contribution in [1.82, 2.24) is 9.78 Å². The number of nitrogens with zero attached hydrogens (tertiary/aromatic N) is 2. The summed E-state index contributed by atoms with van der Waals surface area (Å²) in [7, 11) is -3.22. The average Bonchev–Trinajstić information content (AvgIpc) is 2.85. The summed E-state index contributed by atoms with van der Waals surface area (Å²) in [5.74, 6) is 0.0847. The third kappa shape index (κ3) is 3.30. The number of benzene rings is 1. The zero-order chi connectivity index (χ0) is 14.6. The number of sulfone groups is 1. The van der Waals surface area contributed by atoms with Gasteiger partial charge in [-0.2, -0.15) is 5.10 Å². The summed E-state index contributed by atoms with van der Waals surface area (Å²) in [6, 6.07) is 6.91. The molecule has 0 amide bonds. The third-order valence-electron chi connectivity index (χ3n) is 2.91. The van der Waals surface area contributed by atoms with Gasteiger partial charge < -0.3 is 11.1 Å². The monoisotopic (exact) mass is 294 g/mol. The summed E-state index contributed by atoms with van der Waals surface area (Å²) in [4.78, 5) is 0.336. The molecular weight excluding hydrogens is 276 g/mol. The molecule has 0 fully saturated rings. The van der Waals surface area contributed by atoms with Crippen molar-refractivity contribution in [1.29, 1.82) is 0 Å². The van der Waals surface area contributed by atoms with E-state index < -0.39 is 9.84 Å². The molecule has 0 aliphatic heterocycles. The van der Waals surface area contributed by atoms with Gasteiger partial charge in [0.05, 0.1) is 34.8 Å². The molecule has 0 bridgehead atoms. The number of rotatable bonds is 6. The lowest BCUT2D eigenvalue weighted by Crippen LogP contribution is -2.14. The highest BCUT2D eigenvalue weighted by Crippen LogP contribution is 2.21. The summed E-state index contributed by atoms with van der Waals surface area (Å²) < 4.78 is 25.7. The summed E-state index contributed by atoms with van der Waals surface area (Å²) in [6.45, 7) is 2.81. The van der Waals surface area contributed by atoms with Crippen LogP contribution in [0.15, 0.2) is 41.6 Å². The van der Waals surface area contributed by atoms with E-state index in [-0.39, 0.29) is 5.75 Å². The number of hydrogen-bond acceptors (Lipinski definition) is 5. The van der Waals surface area contributed by atoms with Crippen LogP contribution in [0.3, 0.4) is 0 Å². The van der Waals surface area contributed by atoms with E-state index in [9.17, 15) is 8.42 Å².